The molecule has 0 aliphatic rings. The first kappa shape index (κ1) is 26.4. The summed E-state index contributed by atoms with van der Waals surface area (Å²) in [5, 5.41) is 12.5. The molecule has 0 N–H and O–H groups in total. The van der Waals surface area contributed by atoms with E-state index in [4.69, 9.17) is 18.6 Å². The molecule has 0 saturated heterocycles. The molecule has 0 fully saturated rings. The van der Waals surface area contributed by atoms with Gasteiger partial charge in [-0.3, -0.25) is 0 Å². The van der Waals surface area contributed by atoms with E-state index in [1.54, 1.807) is 51.1 Å². The van der Waals surface area contributed by atoms with Crippen molar-refractivity contribution in [1.82, 2.24) is 4.98 Å². The van der Waals surface area contributed by atoms with Gasteiger partial charge in [0.1, 0.15) is 22.7 Å². The van der Waals surface area contributed by atoms with Crippen molar-refractivity contribution in [2.75, 3.05) is 25.3 Å². The molecule has 0 radical (unpaired) electrons. The molecule has 0 atom stereocenters. The number of amides is 1. The molecule has 0 aliphatic carbocycles. The van der Waals surface area contributed by atoms with E-state index >= 15 is 0 Å². The summed E-state index contributed by atoms with van der Waals surface area (Å²) in [5.74, 6) is 1.01. The van der Waals surface area contributed by atoms with E-state index in [9.17, 15) is 14.9 Å². The maximum atomic E-state index is 12.3. The minimum atomic E-state index is -0.703. The van der Waals surface area contributed by atoms with E-state index in [1.165, 1.54) is 19.2 Å². The summed E-state index contributed by atoms with van der Waals surface area (Å²) in [6.45, 7) is 7.84. The predicted octanol–water partition coefficient (Wildman–Crippen LogP) is 6.21. The Hall–Kier alpha value is -4.18. The van der Waals surface area contributed by atoms with Gasteiger partial charge in [-0.1, -0.05) is 12.2 Å². The van der Waals surface area contributed by atoms with Crippen molar-refractivity contribution in [3.63, 3.8) is 0 Å². The Kier molecular flexibility index (Phi) is 8.44. The molecule has 0 spiro atoms. The van der Waals surface area contributed by atoms with Gasteiger partial charge in [0.05, 0.1) is 5.56 Å². The number of aromatic nitrogens is 1. The number of fused-ring (bicyclic) bond motifs is 1. The fourth-order valence-corrected chi connectivity index (χ4v) is 3.05. The van der Waals surface area contributed by atoms with E-state index in [-0.39, 0.29) is 24.0 Å². The third-order valence-corrected chi connectivity index (χ3v) is 4.74. The van der Waals surface area contributed by atoms with Crippen molar-refractivity contribution >= 4 is 40.9 Å². The quantitative estimate of drug-likeness (QED) is 0.113. The molecular weight excluding hydrogens is 466 g/mol. The minimum absolute atomic E-state index is 0.107. The molecule has 3 aromatic rings. The molecule has 1 aromatic carbocycles. The van der Waals surface area contributed by atoms with E-state index in [1.807, 2.05) is 25.1 Å². The molecule has 10 heteroatoms. The SMILES string of the molecule is CCOCOc1ccc2oc(C=CC=Cc3ccc(N(C)C(=O)OC(C)(C)C)nc3[N+](=O)[O-])cc2c1. The highest BCUT2D eigenvalue weighted by atomic mass is 16.7. The third-order valence-electron chi connectivity index (χ3n) is 4.74. The summed E-state index contributed by atoms with van der Waals surface area (Å²) in [6.07, 6.45) is 5.98. The first-order valence-corrected chi connectivity index (χ1v) is 11.3. The minimum Gasteiger partial charge on any atom is -0.468 e. The summed E-state index contributed by atoms with van der Waals surface area (Å²) in [7, 11) is 1.44. The van der Waals surface area contributed by atoms with Gasteiger partial charge in [0.15, 0.2) is 6.79 Å². The largest absolute Gasteiger partial charge is 0.468 e. The Bertz CT molecular complexity index is 1290. The second-order valence-corrected chi connectivity index (χ2v) is 8.70. The molecule has 0 aliphatic heterocycles. The van der Waals surface area contributed by atoms with Crippen LogP contribution in [0.25, 0.3) is 23.1 Å². The Morgan fingerprint density at radius 3 is 2.61 bits per heavy atom. The van der Waals surface area contributed by atoms with Crippen molar-refractivity contribution < 1.29 is 28.3 Å². The number of pyridine rings is 1. The predicted molar refractivity (Wildman–Crippen MR) is 137 cm³/mol. The van der Waals surface area contributed by atoms with Gasteiger partial charge in [-0.15, -0.1) is 0 Å². The van der Waals surface area contributed by atoms with Crippen molar-refractivity contribution in [1.29, 1.82) is 0 Å². The highest BCUT2D eigenvalue weighted by Gasteiger charge is 2.25. The zero-order valence-corrected chi connectivity index (χ0v) is 20.9. The highest BCUT2D eigenvalue weighted by Crippen LogP contribution is 2.26. The number of rotatable bonds is 9. The summed E-state index contributed by atoms with van der Waals surface area (Å²) < 4.78 is 21.8. The smallest absolute Gasteiger partial charge is 0.417 e. The fourth-order valence-electron chi connectivity index (χ4n) is 3.05. The first-order valence-electron chi connectivity index (χ1n) is 11.3. The average molecular weight is 496 g/mol. The lowest BCUT2D eigenvalue weighted by Crippen LogP contribution is -2.34. The van der Waals surface area contributed by atoms with Gasteiger partial charge in [-0.25, -0.2) is 9.69 Å². The summed E-state index contributed by atoms with van der Waals surface area (Å²) in [5.41, 5.74) is 0.282. The second-order valence-electron chi connectivity index (χ2n) is 8.70. The van der Waals surface area contributed by atoms with E-state index < -0.39 is 16.6 Å². The molecule has 2 aromatic heterocycles. The molecule has 3 rings (SSSR count). The monoisotopic (exact) mass is 495 g/mol. The van der Waals surface area contributed by atoms with Gasteiger partial charge in [-0.05, 0) is 80.1 Å². The molecule has 1 amide bonds. The molecule has 36 heavy (non-hydrogen) atoms. The molecule has 2 heterocycles. The van der Waals surface area contributed by atoms with Crippen LogP contribution in [0.4, 0.5) is 16.4 Å². The molecular formula is C26H29N3O7. The number of nitro groups is 1. The number of carbonyl (C=O) groups is 1. The van der Waals surface area contributed by atoms with Crippen LogP contribution in [-0.2, 0) is 9.47 Å². The van der Waals surface area contributed by atoms with Crippen molar-refractivity contribution in [2.45, 2.75) is 33.3 Å². The van der Waals surface area contributed by atoms with Crippen LogP contribution in [0.15, 0.2) is 53.0 Å². The number of benzene rings is 1. The number of nitrogens with zero attached hydrogens (tertiary/aromatic N) is 3. The average Bonchev–Trinajstić information content (AvgIpc) is 3.22. The van der Waals surface area contributed by atoms with E-state index in [0.29, 0.717) is 23.7 Å². The highest BCUT2D eigenvalue weighted by molar-refractivity contribution is 5.86. The lowest BCUT2D eigenvalue weighted by Gasteiger charge is -2.22. The van der Waals surface area contributed by atoms with Crippen LogP contribution in [0, 0.1) is 10.1 Å². The Balaban J connectivity index is 1.72. The molecule has 0 unspecified atom stereocenters. The standard InChI is InChI=1S/C26H29N3O7/c1-6-33-17-34-20-12-13-22-19(15-20)16-21(35-22)10-8-7-9-18-11-14-23(27-24(18)29(31)32)28(5)25(30)36-26(2,3)4/h7-16H,6,17H2,1-5H3. The lowest BCUT2D eigenvalue weighted by atomic mass is 10.2. The number of ether oxygens (including phenoxy) is 3. The van der Waals surface area contributed by atoms with Crippen LogP contribution in [0.2, 0.25) is 0 Å². The summed E-state index contributed by atoms with van der Waals surface area (Å²) in [4.78, 5) is 28.4. The molecule has 0 bridgehead atoms. The van der Waals surface area contributed by atoms with Crippen LogP contribution in [0.3, 0.4) is 0 Å². The Morgan fingerprint density at radius 1 is 1.17 bits per heavy atom. The van der Waals surface area contributed by atoms with Crippen LogP contribution < -0.4 is 9.64 Å². The maximum absolute atomic E-state index is 12.3. The zero-order valence-electron chi connectivity index (χ0n) is 20.9. The number of anilines is 1. The van der Waals surface area contributed by atoms with Gasteiger partial charge >= 0.3 is 11.9 Å². The fraction of sp³-hybridized carbons (Fsp3) is 0.308. The summed E-state index contributed by atoms with van der Waals surface area (Å²) >= 11 is 0. The van der Waals surface area contributed by atoms with Crippen molar-refractivity contribution in [3.8, 4) is 5.75 Å². The number of furan rings is 1. The first-order chi connectivity index (χ1) is 17.1. The second kappa shape index (κ2) is 11.5. The van der Waals surface area contributed by atoms with Crippen LogP contribution in [0.1, 0.15) is 39.0 Å². The molecule has 190 valence electrons. The van der Waals surface area contributed by atoms with E-state index in [0.717, 1.165) is 10.3 Å². The molecule has 0 saturated carbocycles. The lowest BCUT2D eigenvalue weighted by molar-refractivity contribution is -0.389. The van der Waals surface area contributed by atoms with Gasteiger partial charge in [0.2, 0.25) is 0 Å². The van der Waals surface area contributed by atoms with Crippen molar-refractivity contribution in [2.24, 2.45) is 0 Å². The van der Waals surface area contributed by atoms with Gasteiger partial charge < -0.3 is 28.7 Å². The number of carbonyl (C=O) groups excluding carboxylic acids is 1. The van der Waals surface area contributed by atoms with Crippen LogP contribution in [0.5, 0.6) is 5.75 Å². The van der Waals surface area contributed by atoms with Gasteiger partial charge in [-0.2, -0.15) is 0 Å². The van der Waals surface area contributed by atoms with Gasteiger partial charge in [0.25, 0.3) is 5.82 Å². The third kappa shape index (κ3) is 7.16. The maximum Gasteiger partial charge on any atom is 0.417 e. The Morgan fingerprint density at radius 2 is 1.92 bits per heavy atom. The topological polar surface area (TPSA) is 117 Å². The van der Waals surface area contributed by atoms with Crippen LogP contribution in [-0.4, -0.2) is 42.0 Å². The number of allylic oxidation sites excluding steroid dienone is 2. The normalized spacial score (nSPS) is 11.9. The van der Waals surface area contributed by atoms with E-state index in [2.05, 4.69) is 4.98 Å². The Labute approximate surface area is 208 Å². The zero-order chi connectivity index (χ0) is 26.3. The van der Waals surface area contributed by atoms with Crippen molar-refractivity contribution in [3.05, 3.63) is 70.0 Å². The van der Waals surface area contributed by atoms with Crippen LogP contribution >= 0.6 is 0 Å². The molecule has 10 nitrogen and oxygen atoms in total. The number of hydrogen-bond donors (Lipinski definition) is 0. The van der Waals surface area contributed by atoms with Gasteiger partial charge in [0, 0.05) is 25.1 Å². The number of hydrogen-bond acceptors (Lipinski definition) is 8. The summed E-state index contributed by atoms with van der Waals surface area (Å²) in [6, 6.07) is 10.4.